The normalized spacial score (nSPS) is 15.1. The van der Waals surface area contributed by atoms with Crippen molar-refractivity contribution in [2.75, 3.05) is 0 Å². The second-order valence-corrected chi connectivity index (χ2v) is 10.2. The summed E-state index contributed by atoms with van der Waals surface area (Å²) in [7, 11) is 0. The van der Waals surface area contributed by atoms with E-state index in [2.05, 4.69) is 4.98 Å². The van der Waals surface area contributed by atoms with Gasteiger partial charge >= 0.3 is 0 Å². The summed E-state index contributed by atoms with van der Waals surface area (Å²) in [4.78, 5) is 19.0. The number of fused-ring (bicyclic) bond motifs is 4. The largest absolute Gasteiger partial charge is 0.506 e. The highest BCUT2D eigenvalue weighted by molar-refractivity contribution is 8.03. The van der Waals surface area contributed by atoms with Crippen LogP contribution in [0.4, 0.5) is 0 Å². The van der Waals surface area contributed by atoms with Crippen LogP contribution in [-0.2, 0) is 6.54 Å². The average Bonchev–Trinajstić information content (AvgIpc) is 3.31. The van der Waals surface area contributed by atoms with E-state index in [1.807, 2.05) is 78.9 Å². The molecule has 7 rings (SSSR count). The molecule has 3 aromatic carbocycles. The van der Waals surface area contributed by atoms with Gasteiger partial charge in [0.05, 0.1) is 12.1 Å². The van der Waals surface area contributed by atoms with Gasteiger partial charge in [0.25, 0.3) is 10.8 Å². The minimum absolute atomic E-state index is 0.0968. The lowest BCUT2D eigenvalue weighted by molar-refractivity contribution is 0.397. The van der Waals surface area contributed by atoms with Crippen LogP contribution < -0.4 is 10.3 Å². The molecule has 0 saturated heterocycles. The van der Waals surface area contributed by atoms with Crippen molar-refractivity contribution in [2.45, 2.75) is 31.0 Å². The summed E-state index contributed by atoms with van der Waals surface area (Å²) < 4.78 is 14.2. The molecule has 0 atom stereocenters. The first-order valence-corrected chi connectivity index (χ1v) is 13.1. The lowest BCUT2D eigenvalue weighted by Crippen LogP contribution is -2.28. The number of nitrogens with zero attached hydrogens (tertiary/aromatic N) is 2. The second-order valence-electron chi connectivity index (χ2n) is 9.21. The first kappa shape index (κ1) is 22.0. The van der Waals surface area contributed by atoms with Crippen LogP contribution in [0.25, 0.3) is 27.8 Å². The fourth-order valence-electron chi connectivity index (χ4n) is 4.87. The van der Waals surface area contributed by atoms with Gasteiger partial charge in [-0.05, 0) is 66.4 Å². The van der Waals surface area contributed by atoms with Gasteiger partial charge < -0.3 is 18.8 Å². The van der Waals surface area contributed by atoms with E-state index >= 15 is 0 Å². The number of pyridine rings is 1. The molecular weight excluding hydrogens is 484 g/mol. The Balaban J connectivity index is 1.45. The fourth-order valence-corrected chi connectivity index (χ4v) is 5.80. The number of ether oxygens (including phenoxy) is 1. The van der Waals surface area contributed by atoms with Crippen LogP contribution in [0.5, 0.6) is 5.75 Å². The molecule has 6 nitrogen and oxygen atoms in total. The van der Waals surface area contributed by atoms with Crippen molar-refractivity contribution in [2.24, 2.45) is 0 Å². The van der Waals surface area contributed by atoms with E-state index in [9.17, 15) is 9.90 Å². The number of thioether (sulfide) groups is 1. The second kappa shape index (κ2) is 8.71. The molecule has 0 spiro atoms. The molecule has 1 saturated carbocycles. The number of aliphatic hydroxyl groups excluding tert-OH is 1. The SMILES string of the molecule is O=c1c2c(c3ccccc3n1Cc1ccccc1)OC(=C1CCC1)C(Sc1nc3ccccc3o1)=C2O. The number of para-hydroxylation sites is 3. The maximum absolute atomic E-state index is 14.0. The number of allylic oxidation sites excluding steroid dienone is 1. The van der Waals surface area contributed by atoms with Gasteiger partial charge in [0.15, 0.2) is 11.3 Å². The van der Waals surface area contributed by atoms with Gasteiger partial charge in [-0.1, -0.05) is 54.6 Å². The number of aromatic nitrogens is 2. The van der Waals surface area contributed by atoms with Crippen LogP contribution in [-0.4, -0.2) is 14.7 Å². The van der Waals surface area contributed by atoms with Gasteiger partial charge in [-0.2, -0.15) is 0 Å². The number of rotatable bonds is 4. The van der Waals surface area contributed by atoms with Crippen molar-refractivity contribution in [1.82, 2.24) is 9.55 Å². The van der Waals surface area contributed by atoms with Crippen LogP contribution in [0.15, 0.2) is 110 Å². The summed E-state index contributed by atoms with van der Waals surface area (Å²) in [5.41, 5.74) is 4.13. The molecule has 1 aliphatic heterocycles. The lowest BCUT2D eigenvalue weighted by atomic mass is 9.90. The molecule has 1 N–H and O–H groups in total. The van der Waals surface area contributed by atoms with Crippen LogP contribution in [0, 0.1) is 0 Å². The van der Waals surface area contributed by atoms with Gasteiger partial charge in [-0.25, -0.2) is 4.98 Å². The number of hydrogen-bond acceptors (Lipinski definition) is 6. The van der Waals surface area contributed by atoms with Crippen molar-refractivity contribution in [3.05, 3.63) is 117 Å². The summed E-state index contributed by atoms with van der Waals surface area (Å²) in [6.07, 6.45) is 2.84. The smallest absolute Gasteiger partial charge is 0.266 e. The Labute approximate surface area is 216 Å². The van der Waals surface area contributed by atoms with E-state index in [0.717, 1.165) is 46.8 Å². The van der Waals surface area contributed by atoms with E-state index in [1.165, 1.54) is 11.8 Å². The van der Waals surface area contributed by atoms with Crippen LogP contribution in [0.3, 0.4) is 0 Å². The highest BCUT2D eigenvalue weighted by Gasteiger charge is 2.34. The third-order valence-electron chi connectivity index (χ3n) is 6.91. The van der Waals surface area contributed by atoms with Crippen molar-refractivity contribution in [1.29, 1.82) is 0 Å². The monoisotopic (exact) mass is 506 g/mol. The molecule has 182 valence electrons. The first-order chi connectivity index (χ1) is 18.2. The number of hydrogen-bond donors (Lipinski definition) is 1. The van der Waals surface area contributed by atoms with Crippen molar-refractivity contribution < 1.29 is 14.3 Å². The molecule has 5 aromatic rings. The molecular formula is C30H22N2O4S. The minimum Gasteiger partial charge on any atom is -0.506 e. The molecule has 2 aliphatic rings. The molecule has 37 heavy (non-hydrogen) atoms. The molecule has 0 bridgehead atoms. The molecule has 0 unspecified atom stereocenters. The van der Waals surface area contributed by atoms with Crippen LogP contribution >= 0.6 is 11.8 Å². The highest BCUT2D eigenvalue weighted by atomic mass is 32.2. The van der Waals surface area contributed by atoms with Crippen LogP contribution in [0.1, 0.15) is 30.4 Å². The van der Waals surface area contributed by atoms with Crippen molar-refractivity contribution >= 4 is 39.5 Å². The van der Waals surface area contributed by atoms with Gasteiger partial charge in [0.1, 0.15) is 27.5 Å². The van der Waals surface area contributed by atoms with E-state index in [-0.39, 0.29) is 16.9 Å². The zero-order chi connectivity index (χ0) is 24.9. The molecule has 1 fully saturated rings. The quantitative estimate of drug-likeness (QED) is 0.282. The fraction of sp³-hybridized carbons (Fsp3) is 0.133. The highest BCUT2D eigenvalue weighted by Crippen LogP contribution is 2.48. The Bertz CT molecular complexity index is 1780. The average molecular weight is 507 g/mol. The topological polar surface area (TPSA) is 77.5 Å². The molecule has 0 amide bonds. The molecule has 0 radical (unpaired) electrons. The van der Waals surface area contributed by atoms with Crippen LogP contribution in [0.2, 0.25) is 0 Å². The summed E-state index contributed by atoms with van der Waals surface area (Å²) in [6.45, 7) is 0.377. The maximum atomic E-state index is 14.0. The van der Waals surface area contributed by atoms with Crippen molar-refractivity contribution in [3.63, 3.8) is 0 Å². The third kappa shape index (κ3) is 3.65. The van der Waals surface area contributed by atoms with E-state index in [1.54, 1.807) is 4.57 Å². The Hall–Kier alpha value is -4.23. The van der Waals surface area contributed by atoms with E-state index in [4.69, 9.17) is 9.15 Å². The summed E-state index contributed by atoms with van der Waals surface area (Å²) in [5, 5.41) is 12.9. The summed E-state index contributed by atoms with van der Waals surface area (Å²) in [5.74, 6) is 0.910. The predicted molar refractivity (Wildman–Crippen MR) is 145 cm³/mol. The van der Waals surface area contributed by atoms with Crippen molar-refractivity contribution in [3.8, 4) is 5.75 Å². The number of aliphatic hydroxyl groups is 1. The Morgan fingerprint density at radius 3 is 2.49 bits per heavy atom. The molecule has 1 aliphatic carbocycles. The first-order valence-electron chi connectivity index (χ1n) is 12.2. The van der Waals surface area contributed by atoms with E-state index < -0.39 is 0 Å². The summed E-state index contributed by atoms with van der Waals surface area (Å²) in [6, 6.07) is 25.0. The van der Waals surface area contributed by atoms with E-state index in [0.29, 0.717) is 33.8 Å². The maximum Gasteiger partial charge on any atom is 0.266 e. The summed E-state index contributed by atoms with van der Waals surface area (Å²) >= 11 is 1.19. The predicted octanol–water partition coefficient (Wildman–Crippen LogP) is 7.04. The molecule has 2 aromatic heterocycles. The molecule has 7 heteroatoms. The third-order valence-corrected chi connectivity index (χ3v) is 7.85. The lowest BCUT2D eigenvalue weighted by Gasteiger charge is -2.29. The molecule has 3 heterocycles. The van der Waals surface area contributed by atoms with Gasteiger partial charge in [0.2, 0.25) is 0 Å². The Morgan fingerprint density at radius 1 is 0.946 bits per heavy atom. The zero-order valence-corrected chi connectivity index (χ0v) is 20.6. The number of oxazole rings is 1. The standard InChI is InChI=1S/C30H22N2O4S/c33-25-24-27(20-13-4-6-15-22(20)32(29(24)34)17-18-9-2-1-3-10-18)36-26(19-11-8-12-19)28(25)37-30-31-21-14-5-7-16-23(21)35-30/h1-7,9-10,13-16,33H,8,11-12,17H2. The Morgan fingerprint density at radius 2 is 1.70 bits per heavy atom. The van der Waals surface area contributed by atoms with Gasteiger partial charge in [-0.3, -0.25) is 4.79 Å². The zero-order valence-electron chi connectivity index (χ0n) is 19.8. The minimum atomic E-state index is -0.302. The van der Waals surface area contributed by atoms with Gasteiger partial charge in [-0.15, -0.1) is 0 Å². The Kier molecular flexibility index (Phi) is 5.18. The number of benzene rings is 3. The van der Waals surface area contributed by atoms with Gasteiger partial charge in [0, 0.05) is 5.39 Å².